The summed E-state index contributed by atoms with van der Waals surface area (Å²) in [4.78, 5) is 29.4. The summed E-state index contributed by atoms with van der Waals surface area (Å²) in [5.41, 5.74) is 10.4. The second-order valence-electron chi connectivity index (χ2n) is 10.1. The number of ether oxygens (including phenoxy) is 2. The Bertz CT molecular complexity index is 1430. The number of ketones is 1. The third kappa shape index (κ3) is 4.99. The lowest BCUT2D eigenvalue weighted by molar-refractivity contribution is 0.101. The van der Waals surface area contributed by atoms with E-state index in [1.165, 1.54) is 0 Å². The van der Waals surface area contributed by atoms with Crippen LogP contribution in [0.1, 0.15) is 32.7 Å². The summed E-state index contributed by atoms with van der Waals surface area (Å²) in [6, 6.07) is 9.13. The van der Waals surface area contributed by atoms with Crippen molar-refractivity contribution in [1.82, 2.24) is 19.7 Å². The number of hydrogen-bond acceptors (Lipinski definition) is 6. The van der Waals surface area contributed by atoms with Crippen molar-refractivity contribution in [2.24, 2.45) is 5.73 Å². The van der Waals surface area contributed by atoms with Crippen LogP contribution in [0.25, 0.3) is 17.0 Å². The van der Waals surface area contributed by atoms with Crippen LogP contribution in [-0.4, -0.2) is 73.1 Å². The Morgan fingerprint density at radius 3 is 2.61 bits per heavy atom. The van der Waals surface area contributed by atoms with E-state index in [-0.39, 0.29) is 18.1 Å². The fourth-order valence-electron chi connectivity index (χ4n) is 5.36. The molecule has 9 heteroatoms. The van der Waals surface area contributed by atoms with Crippen LogP contribution in [-0.2, 0) is 13.1 Å². The number of methoxy groups -OCH3 is 1. The molecule has 2 aromatic carbocycles. The number of fused-ring (bicyclic) bond motifs is 2. The number of rotatable bonds is 7. The number of amides is 2. The maximum atomic E-state index is 13.4. The summed E-state index contributed by atoms with van der Waals surface area (Å²) >= 11 is 0. The number of allylic oxidation sites excluding steroid dienone is 1. The SMILES string of the molecule is COc1ccc2c(c1)c(C=C1Oc3c(C)cc(CNC(N)=O)cc3C1=O)c(C)n2CCN1CCN(C)CC1. The number of carbonyl (C=O) groups excluding carboxylic acids is 2. The van der Waals surface area contributed by atoms with E-state index in [4.69, 9.17) is 15.2 Å². The lowest BCUT2D eigenvalue weighted by Gasteiger charge is -2.32. The van der Waals surface area contributed by atoms with Gasteiger partial charge in [-0.2, -0.15) is 0 Å². The lowest BCUT2D eigenvalue weighted by Crippen LogP contribution is -2.45. The minimum absolute atomic E-state index is 0.176. The Hall–Kier alpha value is -3.82. The minimum Gasteiger partial charge on any atom is -0.497 e. The first kappa shape index (κ1) is 25.8. The van der Waals surface area contributed by atoms with E-state index in [1.54, 1.807) is 13.2 Å². The van der Waals surface area contributed by atoms with Gasteiger partial charge in [0.15, 0.2) is 5.76 Å². The normalized spacial score (nSPS) is 17.2. The molecule has 1 fully saturated rings. The molecule has 0 atom stereocenters. The predicted molar refractivity (Wildman–Crippen MR) is 148 cm³/mol. The highest BCUT2D eigenvalue weighted by Crippen LogP contribution is 2.38. The van der Waals surface area contributed by atoms with E-state index in [9.17, 15) is 9.59 Å². The first-order valence-electron chi connectivity index (χ1n) is 12.9. The van der Waals surface area contributed by atoms with Gasteiger partial charge in [-0.15, -0.1) is 0 Å². The van der Waals surface area contributed by atoms with E-state index >= 15 is 0 Å². The average Bonchev–Trinajstić information content (AvgIpc) is 3.36. The third-order valence-electron chi connectivity index (χ3n) is 7.57. The number of nitrogens with zero attached hydrogens (tertiary/aromatic N) is 3. The second kappa shape index (κ2) is 10.5. The zero-order valence-corrected chi connectivity index (χ0v) is 22.5. The van der Waals surface area contributed by atoms with Crippen molar-refractivity contribution >= 4 is 28.8 Å². The first-order chi connectivity index (χ1) is 18.2. The van der Waals surface area contributed by atoms with Gasteiger partial charge in [0.1, 0.15) is 11.5 Å². The number of Topliss-reactive ketones (excluding diaryl/α,β-unsaturated/α-hetero) is 1. The highest BCUT2D eigenvalue weighted by atomic mass is 16.5. The highest BCUT2D eigenvalue weighted by Gasteiger charge is 2.30. The Kier molecular flexibility index (Phi) is 7.14. The molecule has 1 saturated heterocycles. The number of aromatic nitrogens is 1. The standard InChI is InChI=1S/C29H35N5O4/c1-18-13-20(17-31-29(30)36)14-24-27(35)26(38-28(18)24)16-22-19(2)34(12-11-33-9-7-32(3)8-10-33)25-6-5-21(37-4)15-23(22)25/h5-6,13-16H,7-12,17H2,1-4H3,(H3,30,31,36). The van der Waals surface area contributed by atoms with E-state index in [2.05, 4.69) is 39.7 Å². The number of carbonyl (C=O) groups is 2. The van der Waals surface area contributed by atoms with Crippen LogP contribution < -0.4 is 20.5 Å². The molecular weight excluding hydrogens is 482 g/mol. The molecular formula is C29H35N5O4. The molecule has 0 aliphatic carbocycles. The number of urea groups is 1. The molecule has 3 N–H and O–H groups in total. The monoisotopic (exact) mass is 517 g/mol. The van der Waals surface area contributed by atoms with Gasteiger partial charge < -0.3 is 30.0 Å². The second-order valence-corrected chi connectivity index (χ2v) is 10.1. The summed E-state index contributed by atoms with van der Waals surface area (Å²) in [6.07, 6.45) is 1.85. The molecule has 200 valence electrons. The molecule has 0 spiro atoms. The van der Waals surface area contributed by atoms with Crippen LogP contribution >= 0.6 is 0 Å². The summed E-state index contributed by atoms with van der Waals surface area (Å²) in [5, 5.41) is 3.59. The van der Waals surface area contributed by atoms with E-state index in [1.807, 2.05) is 31.2 Å². The summed E-state index contributed by atoms with van der Waals surface area (Å²) < 4.78 is 14.0. The molecule has 1 aromatic heterocycles. The lowest BCUT2D eigenvalue weighted by atomic mass is 10.0. The Balaban J connectivity index is 1.48. The van der Waals surface area contributed by atoms with E-state index in [0.29, 0.717) is 11.3 Å². The van der Waals surface area contributed by atoms with Crippen molar-refractivity contribution in [2.75, 3.05) is 46.9 Å². The molecule has 0 saturated carbocycles. The number of piperazine rings is 1. The largest absolute Gasteiger partial charge is 0.497 e. The zero-order chi connectivity index (χ0) is 27.0. The molecule has 0 radical (unpaired) electrons. The van der Waals surface area contributed by atoms with Gasteiger partial charge in [0.25, 0.3) is 0 Å². The number of aryl methyl sites for hydroxylation is 1. The summed E-state index contributed by atoms with van der Waals surface area (Å²) in [6.45, 7) is 10.3. The van der Waals surface area contributed by atoms with Gasteiger partial charge in [-0.25, -0.2) is 4.79 Å². The fourth-order valence-corrected chi connectivity index (χ4v) is 5.36. The van der Waals surface area contributed by atoms with Gasteiger partial charge in [-0.05, 0) is 62.4 Å². The topological polar surface area (TPSA) is 102 Å². The molecule has 5 rings (SSSR count). The van der Waals surface area contributed by atoms with Crippen molar-refractivity contribution < 1.29 is 19.1 Å². The van der Waals surface area contributed by atoms with Gasteiger partial charge in [0.05, 0.1) is 12.7 Å². The maximum Gasteiger partial charge on any atom is 0.312 e. The Morgan fingerprint density at radius 2 is 1.89 bits per heavy atom. The smallest absolute Gasteiger partial charge is 0.312 e. The van der Waals surface area contributed by atoms with Crippen LogP contribution in [0.4, 0.5) is 4.79 Å². The number of primary amides is 1. The fraction of sp³-hybridized carbons (Fsp3) is 0.379. The van der Waals surface area contributed by atoms with Crippen LogP contribution in [0, 0.1) is 13.8 Å². The molecule has 3 heterocycles. The number of nitrogens with two attached hydrogens (primary N) is 1. The molecule has 9 nitrogen and oxygen atoms in total. The minimum atomic E-state index is -0.610. The summed E-state index contributed by atoms with van der Waals surface area (Å²) in [5.74, 6) is 1.42. The van der Waals surface area contributed by atoms with Crippen LogP contribution in [0.5, 0.6) is 11.5 Å². The van der Waals surface area contributed by atoms with Gasteiger partial charge in [0.2, 0.25) is 5.78 Å². The molecule has 0 unspecified atom stereocenters. The molecule has 3 aromatic rings. The number of hydrogen-bond donors (Lipinski definition) is 2. The van der Waals surface area contributed by atoms with Crippen molar-refractivity contribution in [1.29, 1.82) is 0 Å². The van der Waals surface area contributed by atoms with Crippen LogP contribution in [0.3, 0.4) is 0 Å². The quantitative estimate of drug-likeness (QED) is 0.467. The zero-order valence-electron chi connectivity index (χ0n) is 22.5. The average molecular weight is 518 g/mol. The molecule has 38 heavy (non-hydrogen) atoms. The van der Waals surface area contributed by atoms with Crippen molar-refractivity contribution in [3.05, 3.63) is 64.0 Å². The molecule has 2 aliphatic rings. The molecule has 0 bridgehead atoms. The number of benzene rings is 2. The third-order valence-corrected chi connectivity index (χ3v) is 7.57. The molecule has 2 aliphatic heterocycles. The van der Waals surface area contributed by atoms with Gasteiger partial charge in [0, 0.05) is 68.0 Å². The first-order valence-corrected chi connectivity index (χ1v) is 12.9. The highest BCUT2D eigenvalue weighted by molar-refractivity contribution is 6.15. The molecule has 2 amide bonds. The Morgan fingerprint density at radius 1 is 1.13 bits per heavy atom. The van der Waals surface area contributed by atoms with Gasteiger partial charge in [-0.3, -0.25) is 9.69 Å². The van der Waals surface area contributed by atoms with Gasteiger partial charge >= 0.3 is 6.03 Å². The van der Waals surface area contributed by atoms with Crippen molar-refractivity contribution in [2.45, 2.75) is 26.9 Å². The predicted octanol–water partition coefficient (Wildman–Crippen LogP) is 3.30. The number of likely N-dealkylation sites (N-methyl/N-ethyl adjacent to an activating group) is 1. The number of nitrogens with one attached hydrogen (secondary N) is 1. The van der Waals surface area contributed by atoms with Gasteiger partial charge in [-0.1, -0.05) is 6.07 Å². The van der Waals surface area contributed by atoms with E-state index in [0.717, 1.165) is 78.3 Å². The van der Waals surface area contributed by atoms with E-state index < -0.39 is 6.03 Å². The Labute approximate surface area is 222 Å². The van der Waals surface area contributed by atoms with Crippen molar-refractivity contribution in [3.8, 4) is 11.5 Å². The van der Waals surface area contributed by atoms with Crippen molar-refractivity contribution in [3.63, 3.8) is 0 Å². The maximum absolute atomic E-state index is 13.4. The van der Waals surface area contributed by atoms with Crippen LogP contribution in [0.15, 0.2) is 36.1 Å². The summed E-state index contributed by atoms with van der Waals surface area (Å²) in [7, 11) is 3.82. The van der Waals surface area contributed by atoms with Crippen LogP contribution in [0.2, 0.25) is 0 Å².